The van der Waals surface area contributed by atoms with Gasteiger partial charge in [0.1, 0.15) is 0 Å². The van der Waals surface area contributed by atoms with Crippen LogP contribution in [0.1, 0.15) is 19.8 Å². The van der Waals surface area contributed by atoms with Crippen molar-refractivity contribution in [2.24, 2.45) is 5.73 Å². The van der Waals surface area contributed by atoms with Gasteiger partial charge in [-0.15, -0.1) is 0 Å². The van der Waals surface area contributed by atoms with Crippen molar-refractivity contribution in [3.05, 3.63) is 12.2 Å². The lowest BCUT2D eigenvalue weighted by molar-refractivity contribution is 0.531. The van der Waals surface area contributed by atoms with E-state index in [1.807, 2.05) is 6.92 Å². The van der Waals surface area contributed by atoms with Crippen molar-refractivity contribution in [2.75, 3.05) is 13.1 Å². The number of nitrogens with two attached hydrogens (primary N) is 1. The summed E-state index contributed by atoms with van der Waals surface area (Å²) in [4.78, 5) is 0. The molecule has 0 unspecified atom stereocenters. The maximum atomic E-state index is 5.56. The fourth-order valence-corrected chi connectivity index (χ4v) is 0.942. The molecule has 0 saturated heterocycles. The Balaban J connectivity index is 2.19. The number of hydrogen-bond donors (Lipinski definition) is 2. The van der Waals surface area contributed by atoms with Crippen molar-refractivity contribution in [2.45, 2.75) is 25.3 Å². The van der Waals surface area contributed by atoms with Gasteiger partial charge in [0, 0.05) is 18.6 Å². The molecule has 0 bridgehead atoms. The summed E-state index contributed by atoms with van der Waals surface area (Å²) in [6, 6.07) is 0. The third-order valence-corrected chi connectivity index (χ3v) is 2.01. The lowest BCUT2D eigenvalue weighted by Gasteiger charge is -2.13. The van der Waals surface area contributed by atoms with Crippen molar-refractivity contribution in [3.8, 4) is 0 Å². The second-order valence-corrected chi connectivity index (χ2v) is 3.30. The topological polar surface area (TPSA) is 38.0 Å². The van der Waals surface area contributed by atoms with E-state index in [1.54, 1.807) is 0 Å². The summed E-state index contributed by atoms with van der Waals surface area (Å²) in [6.45, 7) is 7.52. The first-order valence-electron chi connectivity index (χ1n) is 3.78. The van der Waals surface area contributed by atoms with Gasteiger partial charge in [-0.25, -0.2) is 0 Å². The van der Waals surface area contributed by atoms with Crippen LogP contribution in [0.5, 0.6) is 0 Å². The second-order valence-electron chi connectivity index (χ2n) is 3.30. The van der Waals surface area contributed by atoms with E-state index in [4.69, 9.17) is 5.73 Å². The summed E-state index contributed by atoms with van der Waals surface area (Å²) >= 11 is 0. The predicted octanol–water partition coefficient (Wildman–Crippen LogP) is 0.643. The summed E-state index contributed by atoms with van der Waals surface area (Å²) in [5, 5.41) is 3.39. The molecule has 2 nitrogen and oxygen atoms in total. The summed E-state index contributed by atoms with van der Waals surface area (Å²) in [5.74, 6) is 0. The monoisotopic (exact) mass is 140 g/mol. The predicted molar refractivity (Wildman–Crippen MR) is 43.8 cm³/mol. The van der Waals surface area contributed by atoms with Crippen LogP contribution in [0.2, 0.25) is 0 Å². The van der Waals surface area contributed by atoms with E-state index in [-0.39, 0.29) is 0 Å². The molecule has 2 heteroatoms. The van der Waals surface area contributed by atoms with Gasteiger partial charge in [-0.05, 0) is 19.8 Å². The van der Waals surface area contributed by atoms with Gasteiger partial charge in [0.25, 0.3) is 0 Å². The Hall–Kier alpha value is -0.340. The quantitative estimate of drug-likeness (QED) is 0.562. The zero-order valence-electron chi connectivity index (χ0n) is 6.61. The molecule has 0 aromatic carbocycles. The Morgan fingerprint density at radius 1 is 1.70 bits per heavy atom. The van der Waals surface area contributed by atoms with Crippen LogP contribution < -0.4 is 11.1 Å². The van der Waals surface area contributed by atoms with Gasteiger partial charge in [-0.3, -0.25) is 0 Å². The van der Waals surface area contributed by atoms with Crippen LogP contribution >= 0.6 is 0 Å². The van der Waals surface area contributed by atoms with Gasteiger partial charge in [0.15, 0.2) is 0 Å². The average Bonchev–Trinajstić information content (AvgIpc) is 2.64. The molecule has 1 saturated carbocycles. The molecule has 0 radical (unpaired) electrons. The van der Waals surface area contributed by atoms with Crippen LogP contribution in [-0.4, -0.2) is 18.6 Å². The molecule has 0 atom stereocenters. The van der Waals surface area contributed by atoms with E-state index < -0.39 is 0 Å². The maximum absolute atomic E-state index is 5.56. The van der Waals surface area contributed by atoms with Gasteiger partial charge in [-0.1, -0.05) is 12.2 Å². The third kappa shape index (κ3) is 1.82. The zero-order valence-corrected chi connectivity index (χ0v) is 6.61. The summed E-state index contributed by atoms with van der Waals surface area (Å²) in [6.07, 6.45) is 2.47. The zero-order chi connectivity index (χ0) is 7.61. The van der Waals surface area contributed by atoms with Crippen LogP contribution in [0.4, 0.5) is 0 Å². The van der Waals surface area contributed by atoms with Crippen LogP contribution in [0.15, 0.2) is 12.2 Å². The fourth-order valence-electron chi connectivity index (χ4n) is 0.942. The van der Waals surface area contributed by atoms with Gasteiger partial charge >= 0.3 is 0 Å². The lowest BCUT2D eigenvalue weighted by atomic mass is 10.2. The summed E-state index contributed by atoms with van der Waals surface area (Å²) < 4.78 is 0. The molecule has 3 N–H and O–H groups in total. The average molecular weight is 140 g/mol. The molecule has 0 aliphatic heterocycles. The lowest BCUT2D eigenvalue weighted by Crippen LogP contribution is -2.39. The van der Waals surface area contributed by atoms with Crippen molar-refractivity contribution in [1.82, 2.24) is 5.32 Å². The summed E-state index contributed by atoms with van der Waals surface area (Å²) in [7, 11) is 0. The molecule has 0 aromatic rings. The minimum atomic E-state index is 0.291. The maximum Gasteiger partial charge on any atom is 0.0308 e. The smallest absolute Gasteiger partial charge is 0.0308 e. The molecule has 1 rings (SSSR count). The van der Waals surface area contributed by atoms with E-state index in [0.29, 0.717) is 5.54 Å². The largest absolute Gasteiger partial charge is 0.329 e. The standard InChI is InChI=1S/C8H16N2/c1-7(2)5-10-8(6-9)3-4-8/h10H,1,3-6,9H2,2H3. The molecule has 1 aliphatic rings. The van der Waals surface area contributed by atoms with Gasteiger partial charge in [-0.2, -0.15) is 0 Å². The minimum absolute atomic E-state index is 0.291. The highest BCUT2D eigenvalue weighted by molar-refractivity contribution is 5.06. The number of nitrogens with one attached hydrogen (secondary N) is 1. The summed E-state index contributed by atoms with van der Waals surface area (Å²) in [5.41, 5.74) is 7.03. The highest BCUT2D eigenvalue weighted by atomic mass is 15.0. The number of hydrogen-bond acceptors (Lipinski definition) is 2. The molecule has 0 heterocycles. The van der Waals surface area contributed by atoms with Crippen molar-refractivity contribution in [1.29, 1.82) is 0 Å². The molecule has 10 heavy (non-hydrogen) atoms. The molecule has 1 aliphatic carbocycles. The van der Waals surface area contributed by atoms with E-state index >= 15 is 0 Å². The van der Waals surface area contributed by atoms with Gasteiger partial charge < -0.3 is 11.1 Å². The molecule has 0 aromatic heterocycles. The van der Waals surface area contributed by atoms with Crippen molar-refractivity contribution < 1.29 is 0 Å². The van der Waals surface area contributed by atoms with E-state index in [1.165, 1.54) is 18.4 Å². The second kappa shape index (κ2) is 2.72. The van der Waals surface area contributed by atoms with E-state index in [2.05, 4.69) is 11.9 Å². The Labute approximate surface area is 62.5 Å². The highest BCUT2D eigenvalue weighted by Gasteiger charge is 2.40. The molecule has 58 valence electrons. The van der Waals surface area contributed by atoms with Crippen LogP contribution in [0.25, 0.3) is 0 Å². The first kappa shape index (κ1) is 7.76. The molecular weight excluding hydrogens is 124 g/mol. The minimum Gasteiger partial charge on any atom is -0.329 e. The fraction of sp³-hybridized carbons (Fsp3) is 0.750. The van der Waals surface area contributed by atoms with E-state index in [0.717, 1.165) is 13.1 Å². The van der Waals surface area contributed by atoms with Crippen molar-refractivity contribution >= 4 is 0 Å². The SMILES string of the molecule is C=C(C)CNC1(CN)CC1. The molecule has 0 spiro atoms. The highest BCUT2D eigenvalue weighted by Crippen LogP contribution is 2.33. The van der Waals surface area contributed by atoms with E-state index in [9.17, 15) is 0 Å². The first-order valence-corrected chi connectivity index (χ1v) is 3.78. The van der Waals surface area contributed by atoms with Crippen LogP contribution in [0.3, 0.4) is 0 Å². The number of rotatable bonds is 4. The Kier molecular flexibility index (Phi) is 2.11. The Morgan fingerprint density at radius 2 is 2.30 bits per heavy atom. The third-order valence-electron chi connectivity index (χ3n) is 2.01. The first-order chi connectivity index (χ1) is 4.68. The van der Waals surface area contributed by atoms with Crippen molar-refractivity contribution in [3.63, 3.8) is 0 Å². The molecule has 0 amide bonds. The molecular formula is C8H16N2. The Morgan fingerprint density at radius 3 is 2.60 bits per heavy atom. The van der Waals surface area contributed by atoms with Gasteiger partial charge in [0.2, 0.25) is 0 Å². The van der Waals surface area contributed by atoms with Gasteiger partial charge in [0.05, 0.1) is 0 Å². The van der Waals surface area contributed by atoms with Crippen LogP contribution in [-0.2, 0) is 0 Å². The Bertz CT molecular complexity index is 136. The normalized spacial score (nSPS) is 20.6. The van der Waals surface area contributed by atoms with Crippen LogP contribution in [0, 0.1) is 0 Å². The molecule has 1 fully saturated rings.